The van der Waals surface area contributed by atoms with Gasteiger partial charge in [0.05, 0.1) is 11.5 Å². The molecule has 2 aromatic carbocycles. The molecule has 0 aromatic heterocycles. The van der Waals surface area contributed by atoms with E-state index in [-0.39, 0.29) is 41.7 Å². The van der Waals surface area contributed by atoms with Crippen molar-refractivity contribution in [1.29, 1.82) is 0 Å². The van der Waals surface area contributed by atoms with E-state index in [1.807, 2.05) is 0 Å². The molecule has 1 fully saturated rings. The van der Waals surface area contributed by atoms with Gasteiger partial charge in [-0.15, -0.1) is 11.8 Å². The van der Waals surface area contributed by atoms with Crippen LogP contribution in [0.25, 0.3) is 0 Å². The van der Waals surface area contributed by atoms with Gasteiger partial charge >= 0.3 is 0 Å². The van der Waals surface area contributed by atoms with E-state index >= 15 is 0 Å². The number of piperazine rings is 1. The van der Waals surface area contributed by atoms with Crippen LogP contribution in [0.15, 0.2) is 48.5 Å². The topological polar surface area (TPSA) is 79.0 Å². The van der Waals surface area contributed by atoms with Gasteiger partial charge in [-0.05, 0) is 48.5 Å². The maximum absolute atomic E-state index is 12.9. The molecule has 1 aliphatic heterocycles. The maximum atomic E-state index is 12.9. The second-order valence-corrected chi connectivity index (χ2v) is 8.47. The van der Waals surface area contributed by atoms with E-state index in [4.69, 9.17) is 16.3 Å². The zero-order valence-corrected chi connectivity index (χ0v) is 18.8. The number of nitrogens with zero attached hydrogens (tertiary/aromatic N) is 2. The second-order valence-electron chi connectivity index (χ2n) is 7.05. The van der Waals surface area contributed by atoms with Gasteiger partial charge in [0.15, 0.2) is 6.61 Å². The van der Waals surface area contributed by atoms with Gasteiger partial charge < -0.3 is 19.9 Å². The van der Waals surface area contributed by atoms with Crippen LogP contribution in [0.2, 0.25) is 5.02 Å². The summed E-state index contributed by atoms with van der Waals surface area (Å²) in [6.45, 7) is 1.67. The summed E-state index contributed by atoms with van der Waals surface area (Å²) in [5.41, 5.74) is 0.504. The van der Waals surface area contributed by atoms with Crippen LogP contribution in [0.5, 0.6) is 5.75 Å². The molecule has 0 radical (unpaired) electrons. The standard InChI is InChI=1S/C22H23ClFN3O4S/c23-16-1-7-19(8-2-16)31-13-21(29)26-9-11-27(12-10-26)22(30)15-32-14-20(28)25-18-5-3-17(24)4-6-18/h1-8H,9-15H2,(H,25,28). The van der Waals surface area contributed by atoms with E-state index < -0.39 is 0 Å². The third-order valence-corrected chi connectivity index (χ3v) is 5.92. The molecule has 1 saturated heterocycles. The lowest BCUT2D eigenvalue weighted by atomic mass is 10.3. The van der Waals surface area contributed by atoms with Gasteiger partial charge in [0.2, 0.25) is 11.8 Å². The summed E-state index contributed by atoms with van der Waals surface area (Å²) < 4.78 is 18.4. The van der Waals surface area contributed by atoms with Gasteiger partial charge in [0, 0.05) is 36.9 Å². The number of halogens is 2. The zero-order chi connectivity index (χ0) is 22.9. The lowest BCUT2D eigenvalue weighted by Crippen LogP contribution is -2.52. The summed E-state index contributed by atoms with van der Waals surface area (Å²) in [6.07, 6.45) is 0. The number of ether oxygens (including phenoxy) is 1. The highest BCUT2D eigenvalue weighted by molar-refractivity contribution is 8.00. The Morgan fingerprint density at radius 1 is 0.906 bits per heavy atom. The van der Waals surface area contributed by atoms with Crippen LogP contribution in [-0.4, -0.2) is 71.8 Å². The third kappa shape index (κ3) is 7.42. The van der Waals surface area contributed by atoms with E-state index in [1.165, 1.54) is 36.0 Å². The molecule has 3 rings (SSSR count). The van der Waals surface area contributed by atoms with Crippen molar-refractivity contribution >= 4 is 46.8 Å². The first kappa shape index (κ1) is 23.9. The Morgan fingerprint density at radius 2 is 1.50 bits per heavy atom. The van der Waals surface area contributed by atoms with Crippen LogP contribution in [-0.2, 0) is 14.4 Å². The minimum atomic E-state index is -0.376. The van der Waals surface area contributed by atoms with Gasteiger partial charge in [-0.25, -0.2) is 4.39 Å². The van der Waals surface area contributed by atoms with Gasteiger partial charge in [-0.2, -0.15) is 0 Å². The largest absolute Gasteiger partial charge is 0.484 e. The lowest BCUT2D eigenvalue weighted by Gasteiger charge is -2.34. The number of benzene rings is 2. The number of carbonyl (C=O) groups is 3. The fourth-order valence-electron chi connectivity index (χ4n) is 3.03. The lowest BCUT2D eigenvalue weighted by molar-refractivity contribution is -0.139. The molecule has 1 aliphatic rings. The first-order valence-corrected chi connectivity index (χ1v) is 11.5. The van der Waals surface area contributed by atoms with E-state index in [9.17, 15) is 18.8 Å². The molecule has 1 heterocycles. The zero-order valence-electron chi connectivity index (χ0n) is 17.3. The third-order valence-electron chi connectivity index (χ3n) is 4.75. The predicted octanol–water partition coefficient (Wildman–Crippen LogP) is 2.90. The molecule has 0 spiro atoms. The molecular weight excluding hydrogens is 457 g/mol. The molecule has 0 saturated carbocycles. The van der Waals surface area contributed by atoms with Gasteiger partial charge in [-0.3, -0.25) is 14.4 Å². The highest BCUT2D eigenvalue weighted by atomic mass is 35.5. The predicted molar refractivity (Wildman–Crippen MR) is 122 cm³/mol. The quantitative estimate of drug-likeness (QED) is 0.630. The summed E-state index contributed by atoms with van der Waals surface area (Å²) in [6, 6.07) is 12.3. The number of rotatable bonds is 8. The van der Waals surface area contributed by atoms with Crippen molar-refractivity contribution < 1.29 is 23.5 Å². The van der Waals surface area contributed by atoms with Crippen LogP contribution in [0, 0.1) is 5.82 Å². The average molecular weight is 480 g/mol. The first-order chi connectivity index (χ1) is 15.4. The molecule has 0 bridgehead atoms. The van der Waals surface area contributed by atoms with Gasteiger partial charge in [-0.1, -0.05) is 11.6 Å². The van der Waals surface area contributed by atoms with Crippen molar-refractivity contribution in [3.8, 4) is 5.75 Å². The molecule has 0 atom stereocenters. The smallest absolute Gasteiger partial charge is 0.260 e. The molecule has 3 amide bonds. The van der Waals surface area contributed by atoms with E-state index in [1.54, 1.807) is 34.1 Å². The molecule has 2 aromatic rings. The van der Waals surface area contributed by atoms with Crippen LogP contribution in [0.4, 0.5) is 10.1 Å². The fourth-order valence-corrected chi connectivity index (χ4v) is 3.87. The van der Waals surface area contributed by atoms with Gasteiger partial charge in [0.25, 0.3) is 5.91 Å². The monoisotopic (exact) mass is 479 g/mol. The van der Waals surface area contributed by atoms with Gasteiger partial charge in [0.1, 0.15) is 11.6 Å². The van der Waals surface area contributed by atoms with E-state index in [0.717, 1.165) is 0 Å². The highest BCUT2D eigenvalue weighted by Gasteiger charge is 2.24. The first-order valence-electron chi connectivity index (χ1n) is 9.98. The fraction of sp³-hybridized carbons (Fsp3) is 0.318. The van der Waals surface area contributed by atoms with E-state index in [0.29, 0.717) is 42.6 Å². The van der Waals surface area contributed by atoms with Crippen LogP contribution >= 0.6 is 23.4 Å². The molecule has 7 nitrogen and oxygen atoms in total. The van der Waals surface area contributed by atoms with Crippen molar-refractivity contribution in [2.24, 2.45) is 0 Å². The SMILES string of the molecule is O=C(CSCC(=O)N1CCN(C(=O)COc2ccc(Cl)cc2)CC1)Nc1ccc(F)cc1. The molecule has 0 unspecified atom stereocenters. The molecule has 32 heavy (non-hydrogen) atoms. The van der Waals surface area contributed by atoms with Crippen LogP contribution < -0.4 is 10.1 Å². The molecule has 170 valence electrons. The van der Waals surface area contributed by atoms with E-state index in [2.05, 4.69) is 5.32 Å². The van der Waals surface area contributed by atoms with Crippen molar-refractivity contribution in [3.05, 3.63) is 59.4 Å². The minimum absolute atomic E-state index is 0.0748. The Bertz CT molecular complexity index is 935. The van der Waals surface area contributed by atoms with Crippen LogP contribution in [0.3, 0.4) is 0 Å². The number of hydrogen-bond acceptors (Lipinski definition) is 5. The average Bonchev–Trinajstić information content (AvgIpc) is 2.80. The number of amides is 3. The number of anilines is 1. The number of carbonyl (C=O) groups excluding carboxylic acids is 3. The molecular formula is C22H23ClFN3O4S. The number of nitrogens with one attached hydrogen (secondary N) is 1. The summed E-state index contributed by atoms with van der Waals surface area (Å²) >= 11 is 7.04. The normalized spacial score (nSPS) is 13.6. The van der Waals surface area contributed by atoms with Crippen molar-refractivity contribution in [1.82, 2.24) is 9.80 Å². The minimum Gasteiger partial charge on any atom is -0.484 e. The Labute approximate surface area is 194 Å². The Morgan fingerprint density at radius 3 is 2.12 bits per heavy atom. The Kier molecular flexibility index (Phi) is 8.75. The number of thioether (sulfide) groups is 1. The Hall–Kier alpha value is -2.78. The highest BCUT2D eigenvalue weighted by Crippen LogP contribution is 2.16. The van der Waals surface area contributed by atoms with Crippen molar-refractivity contribution in [2.45, 2.75) is 0 Å². The summed E-state index contributed by atoms with van der Waals surface area (Å²) in [5.74, 6) is 0.00282. The molecule has 10 heteroatoms. The summed E-state index contributed by atoms with van der Waals surface area (Å²) in [4.78, 5) is 40.0. The number of hydrogen-bond donors (Lipinski definition) is 1. The molecule has 0 aliphatic carbocycles. The summed E-state index contributed by atoms with van der Waals surface area (Å²) in [5, 5.41) is 3.25. The Balaban J connectivity index is 1.32. The maximum Gasteiger partial charge on any atom is 0.260 e. The summed E-state index contributed by atoms with van der Waals surface area (Å²) in [7, 11) is 0. The second kappa shape index (κ2) is 11.7. The van der Waals surface area contributed by atoms with Crippen LogP contribution in [0.1, 0.15) is 0 Å². The van der Waals surface area contributed by atoms with Crippen molar-refractivity contribution in [2.75, 3.05) is 49.6 Å². The van der Waals surface area contributed by atoms with Crippen molar-refractivity contribution in [3.63, 3.8) is 0 Å². The molecule has 1 N–H and O–H groups in total.